The van der Waals surface area contributed by atoms with Crippen LogP contribution in [-0.4, -0.2) is 49.8 Å². The van der Waals surface area contributed by atoms with Crippen LogP contribution in [0, 0.1) is 0 Å². The maximum atomic E-state index is 5.21. The summed E-state index contributed by atoms with van der Waals surface area (Å²) in [5.74, 6) is 0. The first kappa shape index (κ1) is 17.9. The van der Waals surface area contributed by atoms with Crippen molar-refractivity contribution in [1.29, 1.82) is 0 Å². The Hall–Kier alpha value is -0.120. The maximum Gasteiger partial charge on any atom is 0.0589 e. The van der Waals surface area contributed by atoms with E-state index in [2.05, 4.69) is 44.8 Å². The molecule has 0 aromatic carbocycles. The first-order valence-corrected chi connectivity index (χ1v) is 7.42. The molecule has 18 heavy (non-hydrogen) atoms. The molecule has 0 aromatic heterocycles. The normalized spacial score (nSPS) is 12.7. The predicted octanol–water partition coefficient (Wildman–Crippen LogP) is 2.90. The van der Waals surface area contributed by atoms with E-state index in [-0.39, 0.29) is 5.54 Å². The van der Waals surface area contributed by atoms with E-state index >= 15 is 0 Å². The Labute approximate surface area is 114 Å². The summed E-state index contributed by atoms with van der Waals surface area (Å²) in [6, 6.07) is 0.704. The number of hydrogen-bond acceptors (Lipinski definition) is 3. The topological polar surface area (TPSA) is 24.5 Å². The monoisotopic (exact) mass is 258 g/mol. The van der Waals surface area contributed by atoms with Crippen LogP contribution in [0.2, 0.25) is 0 Å². The smallest absolute Gasteiger partial charge is 0.0589 e. The van der Waals surface area contributed by atoms with Gasteiger partial charge in [-0.1, -0.05) is 13.8 Å². The molecule has 3 heteroatoms. The lowest BCUT2D eigenvalue weighted by molar-refractivity contribution is 0.114. The predicted molar refractivity (Wildman–Crippen MR) is 80.2 cm³/mol. The zero-order valence-electron chi connectivity index (χ0n) is 13.4. The lowest BCUT2D eigenvalue weighted by atomic mass is 10.1. The summed E-state index contributed by atoms with van der Waals surface area (Å²) in [4.78, 5) is 2.58. The van der Waals surface area contributed by atoms with Gasteiger partial charge in [0.25, 0.3) is 0 Å². The standard InChI is InChI=1S/C15H34N2O/c1-7-14(8-2)17(12-13-18-6)11-9-10-16-15(3,4)5/h14,16H,7-13H2,1-6H3. The highest BCUT2D eigenvalue weighted by Crippen LogP contribution is 2.09. The SMILES string of the molecule is CCC(CC)N(CCCNC(C)(C)C)CCOC. The van der Waals surface area contributed by atoms with E-state index in [1.807, 2.05) is 0 Å². The molecule has 0 aliphatic heterocycles. The second kappa shape index (κ2) is 9.76. The van der Waals surface area contributed by atoms with Crippen molar-refractivity contribution in [2.24, 2.45) is 0 Å². The molecular formula is C15H34N2O. The van der Waals surface area contributed by atoms with Crippen LogP contribution < -0.4 is 5.32 Å². The fourth-order valence-electron chi connectivity index (χ4n) is 2.24. The Kier molecular flexibility index (Phi) is 9.70. The van der Waals surface area contributed by atoms with E-state index < -0.39 is 0 Å². The van der Waals surface area contributed by atoms with Crippen molar-refractivity contribution in [3.05, 3.63) is 0 Å². The minimum Gasteiger partial charge on any atom is -0.383 e. The van der Waals surface area contributed by atoms with Crippen molar-refractivity contribution in [2.75, 3.05) is 33.4 Å². The summed E-state index contributed by atoms with van der Waals surface area (Å²) in [7, 11) is 1.78. The summed E-state index contributed by atoms with van der Waals surface area (Å²) in [5, 5.41) is 3.55. The van der Waals surface area contributed by atoms with Crippen molar-refractivity contribution in [3.63, 3.8) is 0 Å². The lowest BCUT2D eigenvalue weighted by Gasteiger charge is -2.30. The van der Waals surface area contributed by atoms with Crippen LogP contribution in [0.15, 0.2) is 0 Å². The van der Waals surface area contributed by atoms with Crippen LogP contribution >= 0.6 is 0 Å². The van der Waals surface area contributed by atoms with Gasteiger partial charge < -0.3 is 10.1 Å². The third kappa shape index (κ3) is 8.90. The fraction of sp³-hybridized carbons (Fsp3) is 1.00. The Balaban J connectivity index is 4.00. The largest absolute Gasteiger partial charge is 0.383 e. The molecule has 0 saturated heterocycles. The quantitative estimate of drug-likeness (QED) is 0.610. The van der Waals surface area contributed by atoms with Crippen molar-refractivity contribution in [1.82, 2.24) is 10.2 Å². The van der Waals surface area contributed by atoms with Crippen molar-refractivity contribution >= 4 is 0 Å². The first-order valence-electron chi connectivity index (χ1n) is 7.42. The molecule has 0 aliphatic rings. The molecular weight excluding hydrogens is 224 g/mol. The zero-order valence-corrected chi connectivity index (χ0v) is 13.4. The molecule has 0 bridgehead atoms. The van der Waals surface area contributed by atoms with E-state index in [0.717, 1.165) is 19.7 Å². The minimum atomic E-state index is 0.228. The van der Waals surface area contributed by atoms with E-state index in [0.29, 0.717) is 6.04 Å². The van der Waals surface area contributed by atoms with Crippen LogP contribution in [0.3, 0.4) is 0 Å². The fourth-order valence-corrected chi connectivity index (χ4v) is 2.24. The highest BCUT2D eigenvalue weighted by Gasteiger charge is 2.14. The van der Waals surface area contributed by atoms with Gasteiger partial charge >= 0.3 is 0 Å². The molecule has 0 spiro atoms. The number of hydrogen-bond donors (Lipinski definition) is 1. The highest BCUT2D eigenvalue weighted by atomic mass is 16.5. The molecule has 0 unspecified atom stereocenters. The van der Waals surface area contributed by atoms with Gasteiger partial charge in [-0.15, -0.1) is 0 Å². The van der Waals surface area contributed by atoms with Crippen molar-refractivity contribution in [2.45, 2.75) is 65.5 Å². The van der Waals surface area contributed by atoms with E-state index in [9.17, 15) is 0 Å². The second-order valence-electron chi connectivity index (χ2n) is 6.03. The molecule has 0 saturated carbocycles. The first-order chi connectivity index (χ1) is 8.44. The average molecular weight is 258 g/mol. The van der Waals surface area contributed by atoms with Gasteiger partial charge in [0.1, 0.15) is 0 Å². The molecule has 0 fully saturated rings. The maximum absolute atomic E-state index is 5.21. The summed E-state index contributed by atoms with van der Waals surface area (Å²) < 4.78 is 5.21. The summed E-state index contributed by atoms with van der Waals surface area (Å²) in [6.45, 7) is 15.4. The molecule has 0 amide bonds. The Morgan fingerprint density at radius 3 is 2.17 bits per heavy atom. The number of nitrogens with zero attached hydrogens (tertiary/aromatic N) is 1. The zero-order chi connectivity index (χ0) is 14.0. The molecule has 0 atom stereocenters. The second-order valence-corrected chi connectivity index (χ2v) is 6.03. The van der Waals surface area contributed by atoms with Crippen LogP contribution in [-0.2, 0) is 4.74 Å². The summed E-state index contributed by atoms with van der Waals surface area (Å²) in [6.07, 6.45) is 3.66. The molecule has 3 nitrogen and oxygen atoms in total. The minimum absolute atomic E-state index is 0.228. The third-order valence-corrected chi connectivity index (χ3v) is 3.32. The molecule has 0 heterocycles. The van der Waals surface area contributed by atoms with Gasteiger partial charge in [-0.05, 0) is 53.1 Å². The molecule has 1 N–H and O–H groups in total. The summed E-state index contributed by atoms with van der Waals surface area (Å²) >= 11 is 0. The van der Waals surface area contributed by atoms with Crippen LogP contribution in [0.25, 0.3) is 0 Å². The van der Waals surface area contributed by atoms with Gasteiger partial charge in [-0.3, -0.25) is 4.90 Å². The molecule has 110 valence electrons. The van der Waals surface area contributed by atoms with Gasteiger partial charge in [-0.2, -0.15) is 0 Å². The van der Waals surface area contributed by atoms with Crippen LogP contribution in [0.4, 0.5) is 0 Å². The number of methoxy groups -OCH3 is 1. The van der Waals surface area contributed by atoms with Gasteiger partial charge in [-0.25, -0.2) is 0 Å². The summed E-state index contributed by atoms with van der Waals surface area (Å²) in [5.41, 5.74) is 0.228. The molecule has 0 rings (SSSR count). The van der Waals surface area contributed by atoms with E-state index in [4.69, 9.17) is 4.74 Å². The van der Waals surface area contributed by atoms with Gasteiger partial charge in [0, 0.05) is 25.2 Å². The molecule has 0 aromatic rings. The third-order valence-electron chi connectivity index (χ3n) is 3.32. The Morgan fingerprint density at radius 2 is 1.72 bits per heavy atom. The van der Waals surface area contributed by atoms with Crippen molar-refractivity contribution in [3.8, 4) is 0 Å². The Bertz CT molecular complexity index is 185. The van der Waals surface area contributed by atoms with Gasteiger partial charge in [0.05, 0.1) is 6.61 Å². The number of nitrogens with one attached hydrogen (secondary N) is 1. The number of ether oxygens (including phenoxy) is 1. The highest BCUT2D eigenvalue weighted by molar-refractivity contribution is 4.72. The molecule has 0 radical (unpaired) electrons. The van der Waals surface area contributed by atoms with Gasteiger partial charge in [0.2, 0.25) is 0 Å². The van der Waals surface area contributed by atoms with Crippen LogP contribution in [0.1, 0.15) is 53.9 Å². The number of rotatable bonds is 10. The van der Waals surface area contributed by atoms with E-state index in [1.165, 1.54) is 25.8 Å². The van der Waals surface area contributed by atoms with Crippen molar-refractivity contribution < 1.29 is 4.74 Å². The average Bonchev–Trinajstić information content (AvgIpc) is 2.30. The van der Waals surface area contributed by atoms with Gasteiger partial charge in [0.15, 0.2) is 0 Å². The van der Waals surface area contributed by atoms with Crippen LogP contribution in [0.5, 0.6) is 0 Å². The lowest BCUT2D eigenvalue weighted by Crippen LogP contribution is -2.41. The molecule has 0 aliphatic carbocycles. The van der Waals surface area contributed by atoms with E-state index in [1.54, 1.807) is 7.11 Å². The Morgan fingerprint density at radius 1 is 1.11 bits per heavy atom.